The van der Waals surface area contributed by atoms with Crippen LogP contribution < -0.4 is 5.32 Å². The van der Waals surface area contributed by atoms with Gasteiger partial charge in [0.05, 0.1) is 6.61 Å². The lowest BCUT2D eigenvalue weighted by atomic mass is 10.2. The van der Waals surface area contributed by atoms with Crippen molar-refractivity contribution in [3.63, 3.8) is 0 Å². The molecule has 110 valence electrons. The maximum Gasteiger partial charge on any atom is 0.414 e. The number of hydrogen-bond acceptors (Lipinski definition) is 3. The molecule has 0 bridgehead atoms. The van der Waals surface area contributed by atoms with Crippen molar-refractivity contribution < 1.29 is 17.9 Å². The fourth-order valence-electron chi connectivity index (χ4n) is 1.43. The molecule has 0 saturated heterocycles. The third kappa shape index (κ3) is 5.50. The number of alkyl halides is 3. The largest absolute Gasteiger partial charge is 0.414 e. The predicted octanol–water partition coefficient (Wildman–Crippen LogP) is 4.02. The van der Waals surface area contributed by atoms with E-state index in [0.29, 0.717) is 6.04 Å². The van der Waals surface area contributed by atoms with Gasteiger partial charge >= 0.3 is 6.18 Å². The maximum absolute atomic E-state index is 12.3. The Balaban J connectivity index is 2.55. The van der Waals surface area contributed by atoms with E-state index in [0.717, 1.165) is 28.8 Å². The first-order valence-corrected chi connectivity index (χ1v) is 7.01. The van der Waals surface area contributed by atoms with Gasteiger partial charge in [-0.2, -0.15) is 13.2 Å². The molecular weight excluding hydrogens is 275 g/mol. The number of halogens is 3. The molecule has 0 aliphatic carbocycles. The van der Waals surface area contributed by atoms with Gasteiger partial charge in [0.1, 0.15) is 0 Å². The van der Waals surface area contributed by atoms with Crippen LogP contribution in [0.15, 0.2) is 6.07 Å². The van der Waals surface area contributed by atoms with Crippen LogP contribution in [0.1, 0.15) is 36.1 Å². The lowest BCUT2D eigenvalue weighted by molar-refractivity contribution is -0.217. The van der Waals surface area contributed by atoms with Crippen LogP contribution in [0.5, 0.6) is 0 Å². The number of ether oxygens (including phenoxy) is 1. The van der Waals surface area contributed by atoms with Crippen LogP contribution in [0, 0.1) is 6.92 Å². The Kier molecular flexibility index (Phi) is 5.82. The Hall–Kier alpha value is -0.590. The summed E-state index contributed by atoms with van der Waals surface area (Å²) < 4.78 is 41.9. The second-order valence-electron chi connectivity index (χ2n) is 4.82. The molecule has 0 radical (unpaired) electrons. The summed E-state index contributed by atoms with van der Waals surface area (Å²) in [5, 5.41) is 3.28. The molecule has 6 heteroatoms. The third-order valence-corrected chi connectivity index (χ3v) is 3.80. The van der Waals surface area contributed by atoms with E-state index in [4.69, 9.17) is 4.74 Å². The minimum atomic E-state index is -4.30. The summed E-state index contributed by atoms with van der Waals surface area (Å²) in [6, 6.07) is 2.30. The van der Waals surface area contributed by atoms with Gasteiger partial charge in [0.15, 0.2) is 6.10 Å². The molecule has 0 fully saturated rings. The molecule has 1 N–H and O–H groups in total. The number of rotatable bonds is 6. The van der Waals surface area contributed by atoms with Gasteiger partial charge in [-0.05, 0) is 25.5 Å². The third-order valence-electron chi connectivity index (χ3n) is 2.71. The van der Waals surface area contributed by atoms with Crippen molar-refractivity contribution in [2.45, 2.75) is 59.2 Å². The fraction of sp³-hybridized carbons (Fsp3) is 0.692. The minimum Gasteiger partial charge on any atom is -0.364 e. The molecule has 2 nitrogen and oxygen atoms in total. The van der Waals surface area contributed by atoms with Crippen LogP contribution in [-0.2, 0) is 17.9 Å². The monoisotopic (exact) mass is 295 g/mol. The minimum absolute atomic E-state index is 0.00465. The summed E-state index contributed by atoms with van der Waals surface area (Å²) in [4.78, 5) is 2.12. The summed E-state index contributed by atoms with van der Waals surface area (Å²) in [6.07, 6.45) is -6.03. The molecule has 1 aromatic heterocycles. The maximum atomic E-state index is 12.3. The molecule has 0 spiro atoms. The highest BCUT2D eigenvalue weighted by Gasteiger charge is 2.36. The smallest absolute Gasteiger partial charge is 0.364 e. The standard InChI is InChI=1S/C13H20F3NOS/c1-8(2)17-6-12-5-11(9(3)19-12)7-18-10(4)13(14,15)16/h5,8,10,17H,6-7H2,1-4H3. The van der Waals surface area contributed by atoms with Crippen LogP contribution >= 0.6 is 11.3 Å². The van der Waals surface area contributed by atoms with Gasteiger partial charge < -0.3 is 10.1 Å². The SMILES string of the molecule is Cc1sc(CNC(C)C)cc1COC(C)C(F)(F)F. The van der Waals surface area contributed by atoms with Gasteiger partial charge in [0, 0.05) is 22.3 Å². The Morgan fingerprint density at radius 2 is 1.95 bits per heavy atom. The molecular formula is C13H20F3NOS. The molecule has 1 heterocycles. The van der Waals surface area contributed by atoms with Crippen LogP contribution in [0.2, 0.25) is 0 Å². The lowest BCUT2D eigenvalue weighted by Gasteiger charge is -2.16. The van der Waals surface area contributed by atoms with E-state index in [1.165, 1.54) is 0 Å². The van der Waals surface area contributed by atoms with Gasteiger partial charge in [0.25, 0.3) is 0 Å². The summed E-state index contributed by atoms with van der Waals surface area (Å²) >= 11 is 1.59. The van der Waals surface area contributed by atoms with Crippen molar-refractivity contribution in [2.75, 3.05) is 0 Å². The van der Waals surface area contributed by atoms with E-state index in [-0.39, 0.29) is 6.61 Å². The molecule has 1 aromatic rings. The van der Waals surface area contributed by atoms with E-state index in [1.807, 2.05) is 13.0 Å². The average molecular weight is 295 g/mol. The fourth-order valence-corrected chi connectivity index (χ4v) is 2.43. The van der Waals surface area contributed by atoms with Gasteiger partial charge in [-0.1, -0.05) is 13.8 Å². The first-order valence-electron chi connectivity index (χ1n) is 6.20. The highest BCUT2D eigenvalue weighted by molar-refractivity contribution is 7.12. The Labute approximate surface area is 116 Å². The van der Waals surface area contributed by atoms with Crippen molar-refractivity contribution in [3.05, 3.63) is 21.4 Å². The first kappa shape index (κ1) is 16.5. The van der Waals surface area contributed by atoms with Crippen LogP contribution in [0.25, 0.3) is 0 Å². The summed E-state index contributed by atoms with van der Waals surface area (Å²) in [5.74, 6) is 0. The van der Waals surface area contributed by atoms with Crippen LogP contribution in [-0.4, -0.2) is 18.3 Å². The zero-order chi connectivity index (χ0) is 14.6. The summed E-state index contributed by atoms with van der Waals surface area (Å²) in [6.45, 7) is 7.77. The van der Waals surface area contributed by atoms with Gasteiger partial charge in [-0.3, -0.25) is 0 Å². The lowest BCUT2D eigenvalue weighted by Crippen LogP contribution is -2.28. The average Bonchev–Trinajstić information content (AvgIpc) is 2.63. The Bertz CT molecular complexity index is 401. The van der Waals surface area contributed by atoms with Gasteiger partial charge in [0.2, 0.25) is 0 Å². The number of hydrogen-bond donors (Lipinski definition) is 1. The van der Waals surface area contributed by atoms with Crippen molar-refractivity contribution in [2.24, 2.45) is 0 Å². The van der Waals surface area contributed by atoms with Crippen LogP contribution in [0.3, 0.4) is 0 Å². The first-order chi connectivity index (χ1) is 8.70. The van der Waals surface area contributed by atoms with E-state index in [9.17, 15) is 13.2 Å². The molecule has 19 heavy (non-hydrogen) atoms. The highest BCUT2D eigenvalue weighted by atomic mass is 32.1. The number of thiophene rings is 1. The zero-order valence-electron chi connectivity index (χ0n) is 11.6. The summed E-state index contributed by atoms with van der Waals surface area (Å²) in [7, 11) is 0. The number of aryl methyl sites for hydroxylation is 1. The van der Waals surface area contributed by atoms with E-state index in [1.54, 1.807) is 11.3 Å². The predicted molar refractivity (Wildman–Crippen MR) is 71.3 cm³/mol. The van der Waals surface area contributed by atoms with Crippen LogP contribution in [0.4, 0.5) is 13.2 Å². The topological polar surface area (TPSA) is 21.3 Å². The molecule has 0 aliphatic rings. The second kappa shape index (κ2) is 6.72. The van der Waals surface area contributed by atoms with E-state index < -0.39 is 12.3 Å². The number of nitrogens with one attached hydrogen (secondary N) is 1. The van der Waals surface area contributed by atoms with Crippen molar-refractivity contribution in [3.8, 4) is 0 Å². The zero-order valence-corrected chi connectivity index (χ0v) is 12.4. The van der Waals surface area contributed by atoms with E-state index in [2.05, 4.69) is 19.2 Å². The van der Waals surface area contributed by atoms with Gasteiger partial charge in [-0.25, -0.2) is 0 Å². The normalized spacial score (nSPS) is 14.1. The molecule has 1 unspecified atom stereocenters. The Morgan fingerprint density at radius 1 is 1.32 bits per heavy atom. The molecule has 0 saturated carbocycles. The summed E-state index contributed by atoms with van der Waals surface area (Å²) in [5.41, 5.74) is 0.835. The second-order valence-corrected chi connectivity index (χ2v) is 6.17. The molecule has 1 atom stereocenters. The quantitative estimate of drug-likeness (QED) is 0.856. The Morgan fingerprint density at radius 3 is 2.47 bits per heavy atom. The molecule has 0 amide bonds. The molecule has 1 rings (SSSR count). The van der Waals surface area contributed by atoms with Crippen molar-refractivity contribution in [1.82, 2.24) is 5.32 Å². The van der Waals surface area contributed by atoms with Crippen molar-refractivity contribution >= 4 is 11.3 Å². The van der Waals surface area contributed by atoms with E-state index >= 15 is 0 Å². The highest BCUT2D eigenvalue weighted by Crippen LogP contribution is 2.26. The molecule has 0 aliphatic heterocycles. The molecule has 0 aromatic carbocycles. The van der Waals surface area contributed by atoms with Gasteiger partial charge in [-0.15, -0.1) is 11.3 Å². The van der Waals surface area contributed by atoms with Crippen molar-refractivity contribution in [1.29, 1.82) is 0 Å².